The molecule has 0 bridgehead atoms. The van der Waals surface area contributed by atoms with Crippen LogP contribution in [0.5, 0.6) is 0 Å². The van der Waals surface area contributed by atoms with E-state index in [9.17, 15) is 4.79 Å². The van der Waals surface area contributed by atoms with Crippen LogP contribution in [0.4, 0.5) is 15.7 Å². The van der Waals surface area contributed by atoms with Crippen LogP contribution in [0.2, 0.25) is 0 Å². The van der Waals surface area contributed by atoms with Gasteiger partial charge in [0.25, 0.3) is 0 Å². The number of fused-ring (bicyclic) bond motifs is 1. The Labute approximate surface area is 178 Å². The van der Waals surface area contributed by atoms with Crippen LogP contribution in [0, 0.1) is 0 Å². The number of H-pyrrole nitrogens is 1. The number of amides is 1. The first-order valence-corrected chi connectivity index (χ1v) is 10.5. The Balaban J connectivity index is 1.51. The smallest absolute Gasteiger partial charge is 0.407 e. The molecule has 0 aliphatic heterocycles. The normalized spacial score (nSPS) is 11.6. The van der Waals surface area contributed by atoms with Crippen molar-refractivity contribution in [3.05, 3.63) is 48.8 Å². The molecule has 3 aromatic heterocycles. The number of ether oxygens (including phenoxy) is 1. The lowest BCUT2D eigenvalue weighted by molar-refractivity contribution is 0.0526. The zero-order chi connectivity index (χ0) is 21.1. The maximum Gasteiger partial charge on any atom is 0.407 e. The highest BCUT2D eigenvalue weighted by Gasteiger charge is 2.16. The van der Waals surface area contributed by atoms with Crippen molar-refractivity contribution in [2.24, 2.45) is 0 Å². The lowest BCUT2D eigenvalue weighted by atomic mass is 10.2. The lowest BCUT2D eigenvalue weighted by Crippen LogP contribution is -2.34. The zero-order valence-electron chi connectivity index (χ0n) is 17.1. The lowest BCUT2D eigenvalue weighted by Gasteiger charge is -2.20. The van der Waals surface area contributed by atoms with Gasteiger partial charge in [-0.1, -0.05) is 12.1 Å². The molecule has 0 fully saturated rings. The van der Waals surface area contributed by atoms with E-state index in [0.29, 0.717) is 13.1 Å². The quantitative estimate of drug-likeness (QED) is 0.415. The molecule has 4 aromatic rings. The molecule has 0 aliphatic carbocycles. The first-order chi connectivity index (χ1) is 14.4. The molecular formula is C21H24N6O2S. The third-order valence-corrected chi connectivity index (χ3v) is 5.33. The van der Waals surface area contributed by atoms with E-state index in [0.717, 1.165) is 32.4 Å². The average molecular weight is 425 g/mol. The number of anilines is 2. The summed E-state index contributed by atoms with van der Waals surface area (Å²) in [5.74, 6) is 0.725. The number of benzene rings is 1. The molecule has 0 aliphatic rings. The molecular weight excluding hydrogens is 400 g/mol. The van der Waals surface area contributed by atoms with E-state index in [1.54, 1.807) is 17.5 Å². The average Bonchev–Trinajstić information content (AvgIpc) is 3.41. The van der Waals surface area contributed by atoms with Crippen LogP contribution < -0.4 is 10.6 Å². The third kappa shape index (κ3) is 4.62. The van der Waals surface area contributed by atoms with Crippen molar-refractivity contribution in [2.45, 2.75) is 32.9 Å². The minimum absolute atomic E-state index is 0.425. The summed E-state index contributed by atoms with van der Waals surface area (Å²) in [7, 11) is 0. The minimum Gasteiger partial charge on any atom is -0.444 e. The number of para-hydroxylation sites is 2. The number of alkyl carbamates (subject to hydrolysis) is 1. The van der Waals surface area contributed by atoms with Gasteiger partial charge in [0.05, 0.1) is 22.2 Å². The maximum absolute atomic E-state index is 12.0. The van der Waals surface area contributed by atoms with Crippen molar-refractivity contribution in [2.75, 3.05) is 11.9 Å². The Morgan fingerprint density at radius 3 is 2.83 bits per heavy atom. The molecule has 9 heteroatoms. The highest BCUT2D eigenvalue weighted by Crippen LogP contribution is 2.33. The number of hydrogen-bond acceptors (Lipinski definition) is 6. The number of nitrogens with zero attached hydrogens (tertiary/aromatic N) is 3. The molecule has 3 heterocycles. The van der Waals surface area contributed by atoms with Gasteiger partial charge in [-0.25, -0.2) is 9.78 Å². The van der Waals surface area contributed by atoms with Crippen molar-refractivity contribution in [1.29, 1.82) is 0 Å². The fraction of sp³-hybridized carbons (Fsp3) is 0.286. The maximum atomic E-state index is 12.0. The number of hydrogen-bond donors (Lipinski definition) is 3. The SMILES string of the molecule is CC(C)(C)OC(=O)NCCn1c(Nc2ccc(-c3cn[nH]c3)s2)nc2ccccc21. The highest BCUT2D eigenvalue weighted by molar-refractivity contribution is 7.19. The van der Waals surface area contributed by atoms with E-state index < -0.39 is 11.7 Å². The fourth-order valence-corrected chi connectivity index (χ4v) is 3.92. The summed E-state index contributed by atoms with van der Waals surface area (Å²) >= 11 is 1.62. The fourth-order valence-electron chi connectivity index (χ4n) is 3.04. The van der Waals surface area contributed by atoms with Crippen LogP contribution in [-0.4, -0.2) is 38.0 Å². The van der Waals surface area contributed by atoms with Gasteiger partial charge in [-0.15, -0.1) is 11.3 Å². The third-order valence-electron chi connectivity index (χ3n) is 4.28. The summed E-state index contributed by atoms with van der Waals surface area (Å²) in [6, 6.07) is 12.0. The van der Waals surface area contributed by atoms with Gasteiger partial charge < -0.3 is 19.9 Å². The van der Waals surface area contributed by atoms with Crippen molar-refractivity contribution < 1.29 is 9.53 Å². The summed E-state index contributed by atoms with van der Waals surface area (Å²) in [5.41, 5.74) is 2.41. The van der Waals surface area contributed by atoms with Crippen LogP contribution >= 0.6 is 11.3 Å². The number of carbonyl (C=O) groups is 1. The molecule has 0 radical (unpaired) electrons. The molecule has 0 atom stereocenters. The van der Waals surface area contributed by atoms with Crippen molar-refractivity contribution in [3.63, 3.8) is 0 Å². The van der Waals surface area contributed by atoms with Crippen LogP contribution in [0.15, 0.2) is 48.8 Å². The second-order valence-electron chi connectivity index (χ2n) is 7.78. The van der Waals surface area contributed by atoms with Crippen LogP contribution in [0.3, 0.4) is 0 Å². The molecule has 3 N–H and O–H groups in total. The molecule has 0 spiro atoms. The summed E-state index contributed by atoms with van der Waals surface area (Å²) < 4.78 is 7.37. The molecule has 1 amide bonds. The Kier molecular flexibility index (Phi) is 5.45. The summed E-state index contributed by atoms with van der Waals surface area (Å²) in [4.78, 5) is 17.8. The monoisotopic (exact) mass is 424 g/mol. The highest BCUT2D eigenvalue weighted by atomic mass is 32.1. The standard InChI is InChI=1S/C21H24N6O2S/c1-21(2,3)29-20(28)22-10-11-27-16-7-5-4-6-15(16)25-19(27)26-18-9-8-17(30-18)14-12-23-24-13-14/h4-9,12-13H,10-11H2,1-3H3,(H,22,28)(H,23,24)(H,25,26). The van der Waals surface area contributed by atoms with Crippen LogP contribution in [-0.2, 0) is 11.3 Å². The van der Waals surface area contributed by atoms with E-state index in [1.807, 2.05) is 57.3 Å². The molecule has 0 saturated carbocycles. The zero-order valence-corrected chi connectivity index (χ0v) is 17.9. The van der Waals surface area contributed by atoms with Gasteiger partial charge in [-0.2, -0.15) is 5.10 Å². The van der Waals surface area contributed by atoms with Gasteiger partial charge in [-0.3, -0.25) is 5.10 Å². The number of thiophene rings is 1. The minimum atomic E-state index is -0.523. The number of imidazole rings is 1. The van der Waals surface area contributed by atoms with E-state index in [1.165, 1.54) is 0 Å². The summed E-state index contributed by atoms with van der Waals surface area (Å²) in [6.45, 7) is 6.51. The number of rotatable bonds is 6. The van der Waals surface area contributed by atoms with Gasteiger partial charge in [0.15, 0.2) is 0 Å². The number of carbonyl (C=O) groups excluding carboxylic acids is 1. The van der Waals surface area contributed by atoms with Gasteiger partial charge in [0.2, 0.25) is 5.95 Å². The van der Waals surface area contributed by atoms with Crippen molar-refractivity contribution >= 4 is 39.4 Å². The van der Waals surface area contributed by atoms with Gasteiger partial charge in [0.1, 0.15) is 5.60 Å². The molecule has 0 unspecified atom stereocenters. The number of aromatic amines is 1. The van der Waals surface area contributed by atoms with E-state index in [-0.39, 0.29) is 0 Å². The second-order valence-corrected chi connectivity index (χ2v) is 8.86. The first kappa shape index (κ1) is 20.0. The second kappa shape index (κ2) is 8.19. The molecule has 156 valence electrons. The van der Waals surface area contributed by atoms with Crippen molar-refractivity contribution in [3.8, 4) is 10.4 Å². The topological polar surface area (TPSA) is 96.9 Å². The van der Waals surface area contributed by atoms with E-state index >= 15 is 0 Å². The Morgan fingerprint density at radius 2 is 2.07 bits per heavy atom. The molecule has 0 saturated heterocycles. The van der Waals surface area contributed by atoms with E-state index in [4.69, 9.17) is 9.72 Å². The van der Waals surface area contributed by atoms with Gasteiger partial charge in [-0.05, 0) is 45.0 Å². The summed E-state index contributed by atoms with van der Waals surface area (Å²) in [6.07, 6.45) is 3.24. The summed E-state index contributed by atoms with van der Waals surface area (Å²) in [5, 5.41) is 14.0. The largest absolute Gasteiger partial charge is 0.444 e. The van der Waals surface area contributed by atoms with Gasteiger partial charge >= 0.3 is 6.09 Å². The predicted octanol–water partition coefficient (Wildman–Crippen LogP) is 4.76. The Bertz CT molecular complexity index is 1140. The Morgan fingerprint density at radius 1 is 1.23 bits per heavy atom. The molecule has 30 heavy (non-hydrogen) atoms. The number of aromatic nitrogens is 4. The van der Waals surface area contributed by atoms with E-state index in [2.05, 4.69) is 31.5 Å². The van der Waals surface area contributed by atoms with Crippen LogP contribution in [0.25, 0.3) is 21.5 Å². The molecule has 4 rings (SSSR count). The predicted molar refractivity (Wildman–Crippen MR) is 119 cm³/mol. The number of nitrogens with one attached hydrogen (secondary N) is 3. The first-order valence-electron chi connectivity index (χ1n) is 9.67. The molecule has 1 aromatic carbocycles. The molecule has 8 nitrogen and oxygen atoms in total. The van der Waals surface area contributed by atoms with Crippen molar-refractivity contribution in [1.82, 2.24) is 25.1 Å². The van der Waals surface area contributed by atoms with Gasteiger partial charge in [0, 0.05) is 29.7 Å². The Hall–Kier alpha value is -3.33. The van der Waals surface area contributed by atoms with Crippen LogP contribution in [0.1, 0.15) is 20.8 Å².